The van der Waals surface area contributed by atoms with Gasteiger partial charge in [0.25, 0.3) is 0 Å². The second-order valence-corrected chi connectivity index (χ2v) is 11.0. The molecule has 2 heteroatoms. The molecule has 0 radical (unpaired) electrons. The Hall–Kier alpha value is -2.84. The Balaban J connectivity index is 2.00. The van der Waals surface area contributed by atoms with Crippen LogP contribution in [-0.2, 0) is 0 Å². The molecule has 128 valence electrons. The minimum absolute atomic E-state index is 0.0639. The number of hydrogen-bond acceptors (Lipinski definition) is 1. The van der Waals surface area contributed by atoms with E-state index in [1.165, 1.54) is 16.1 Å². The van der Waals surface area contributed by atoms with Crippen molar-refractivity contribution in [3.63, 3.8) is 0 Å². The van der Waals surface area contributed by atoms with Crippen LogP contribution in [0.5, 0.6) is 0 Å². The zero-order valence-electron chi connectivity index (χ0n) is 15.0. The third-order valence-electron chi connectivity index (χ3n) is 5.32. The van der Waals surface area contributed by atoms with Gasteiger partial charge in [0, 0.05) is 10.7 Å². The summed E-state index contributed by atoms with van der Waals surface area (Å²) in [6, 6.07) is 32.5. The van der Waals surface area contributed by atoms with Crippen LogP contribution in [0.25, 0.3) is 0 Å². The van der Waals surface area contributed by atoms with Crippen molar-refractivity contribution in [1.29, 1.82) is 0 Å². The van der Waals surface area contributed by atoms with Crippen molar-refractivity contribution in [2.45, 2.75) is 12.0 Å². The van der Waals surface area contributed by atoms with Crippen LogP contribution in [-0.4, -0.2) is 8.24 Å². The molecule has 0 bridgehead atoms. The molecule has 26 heavy (non-hydrogen) atoms. The topological polar surface area (TPSA) is 12.0 Å². The van der Waals surface area contributed by atoms with E-state index in [2.05, 4.69) is 127 Å². The Kier molecular flexibility index (Phi) is 4.35. The van der Waals surface area contributed by atoms with Crippen LogP contribution in [0.3, 0.4) is 0 Å². The van der Waals surface area contributed by atoms with E-state index in [-0.39, 0.29) is 5.04 Å². The molecule has 0 amide bonds. The lowest BCUT2D eigenvalue weighted by Crippen LogP contribution is -2.70. The summed E-state index contributed by atoms with van der Waals surface area (Å²) in [5.41, 5.74) is 1.17. The van der Waals surface area contributed by atoms with Gasteiger partial charge in [0.1, 0.15) is 0 Å². The Morgan fingerprint density at radius 3 is 1.50 bits per heavy atom. The molecule has 1 aliphatic carbocycles. The van der Waals surface area contributed by atoms with Crippen molar-refractivity contribution in [1.82, 2.24) is 0 Å². The highest BCUT2D eigenvalue weighted by Gasteiger charge is 2.52. The maximum Gasteiger partial charge on any atom is 0.231 e. The number of rotatable bonds is 5. The van der Waals surface area contributed by atoms with Crippen LogP contribution in [0.4, 0.5) is 5.69 Å². The molecule has 3 aromatic rings. The van der Waals surface area contributed by atoms with Gasteiger partial charge in [-0.3, -0.25) is 0 Å². The van der Waals surface area contributed by atoms with E-state index < -0.39 is 8.24 Å². The number of allylic oxidation sites excluding steroid dienone is 4. The van der Waals surface area contributed by atoms with Crippen LogP contribution in [0.15, 0.2) is 115 Å². The molecule has 0 aliphatic heterocycles. The van der Waals surface area contributed by atoms with Crippen molar-refractivity contribution >= 4 is 24.3 Å². The van der Waals surface area contributed by atoms with Gasteiger partial charge in [-0.1, -0.05) is 110 Å². The van der Waals surface area contributed by atoms with Crippen molar-refractivity contribution in [3.05, 3.63) is 115 Å². The number of anilines is 1. The molecular formula is C24H23NSi. The summed E-state index contributed by atoms with van der Waals surface area (Å²) in [4.78, 5) is 4.04. The Labute approximate surface area is 156 Å². The highest BCUT2D eigenvalue weighted by atomic mass is 28.3. The predicted molar refractivity (Wildman–Crippen MR) is 115 cm³/mol. The van der Waals surface area contributed by atoms with E-state index in [9.17, 15) is 0 Å². The zero-order chi connectivity index (χ0) is 17.9. The SMILES string of the molecule is CC1([Si](Nc2ccccc2)(c2ccccc2)c2ccccc2)C=CC=C1. The summed E-state index contributed by atoms with van der Waals surface area (Å²) in [6.07, 6.45) is 9.07. The maximum absolute atomic E-state index is 4.04. The van der Waals surface area contributed by atoms with Gasteiger partial charge in [0.05, 0.1) is 0 Å². The fourth-order valence-corrected chi connectivity index (χ4v) is 8.81. The van der Waals surface area contributed by atoms with E-state index in [0.717, 1.165) is 0 Å². The molecule has 0 unspecified atom stereocenters. The second-order valence-electron chi connectivity index (χ2n) is 6.97. The third kappa shape index (κ3) is 2.73. The van der Waals surface area contributed by atoms with Gasteiger partial charge in [-0.25, -0.2) is 0 Å². The molecule has 0 fully saturated rings. The standard InChI is InChI=1S/C24H23NSi/c1-24(19-11-12-20-24)26(22-15-7-3-8-16-22,23-17-9-4-10-18-23)25-21-13-5-2-6-14-21/h2-20,25H,1H3. The third-order valence-corrected chi connectivity index (χ3v) is 10.3. The Morgan fingerprint density at radius 1 is 0.615 bits per heavy atom. The van der Waals surface area contributed by atoms with Gasteiger partial charge in [-0.15, -0.1) is 0 Å². The van der Waals surface area contributed by atoms with Gasteiger partial charge in [0.2, 0.25) is 8.24 Å². The normalized spacial score (nSPS) is 15.1. The summed E-state index contributed by atoms with van der Waals surface area (Å²) in [5.74, 6) is 0. The van der Waals surface area contributed by atoms with Crippen molar-refractivity contribution in [2.75, 3.05) is 4.98 Å². The molecular weight excluding hydrogens is 330 g/mol. The fourth-order valence-electron chi connectivity index (χ4n) is 4.00. The van der Waals surface area contributed by atoms with Crippen LogP contribution in [0.1, 0.15) is 6.92 Å². The highest BCUT2D eigenvalue weighted by Crippen LogP contribution is 2.43. The largest absolute Gasteiger partial charge is 0.403 e. The zero-order valence-corrected chi connectivity index (χ0v) is 16.0. The van der Waals surface area contributed by atoms with Crippen LogP contribution >= 0.6 is 0 Å². The van der Waals surface area contributed by atoms with Gasteiger partial charge in [-0.2, -0.15) is 0 Å². The summed E-state index contributed by atoms with van der Waals surface area (Å²) in [7, 11) is -2.40. The first kappa shape index (κ1) is 16.6. The van der Waals surface area contributed by atoms with Crippen molar-refractivity contribution in [2.24, 2.45) is 0 Å². The lowest BCUT2D eigenvalue weighted by Gasteiger charge is -2.44. The second kappa shape index (κ2) is 6.81. The summed E-state index contributed by atoms with van der Waals surface area (Å²) in [5, 5.41) is 2.70. The summed E-state index contributed by atoms with van der Waals surface area (Å²) in [6.45, 7) is 2.36. The molecule has 4 rings (SSSR count). The van der Waals surface area contributed by atoms with E-state index in [4.69, 9.17) is 0 Å². The molecule has 1 aliphatic rings. The minimum Gasteiger partial charge on any atom is -0.403 e. The first-order chi connectivity index (χ1) is 12.7. The summed E-state index contributed by atoms with van der Waals surface area (Å²) >= 11 is 0. The number of benzene rings is 3. The predicted octanol–water partition coefficient (Wildman–Crippen LogP) is 4.74. The van der Waals surface area contributed by atoms with Crippen LogP contribution in [0.2, 0.25) is 5.04 Å². The van der Waals surface area contributed by atoms with Crippen LogP contribution in [0, 0.1) is 0 Å². The van der Waals surface area contributed by atoms with Crippen molar-refractivity contribution < 1.29 is 0 Å². The smallest absolute Gasteiger partial charge is 0.231 e. The number of hydrogen-bond donors (Lipinski definition) is 1. The molecule has 0 saturated heterocycles. The first-order valence-corrected chi connectivity index (χ1v) is 11.1. The molecule has 0 aromatic heterocycles. The molecule has 0 spiro atoms. The monoisotopic (exact) mass is 353 g/mol. The maximum atomic E-state index is 4.04. The molecule has 3 aromatic carbocycles. The molecule has 1 nitrogen and oxygen atoms in total. The van der Waals surface area contributed by atoms with Gasteiger partial charge >= 0.3 is 0 Å². The lowest BCUT2D eigenvalue weighted by atomic mass is 10.2. The fraction of sp³-hybridized carbons (Fsp3) is 0.0833. The van der Waals surface area contributed by atoms with E-state index >= 15 is 0 Å². The highest BCUT2D eigenvalue weighted by molar-refractivity contribution is 7.07. The molecule has 1 N–H and O–H groups in total. The summed E-state index contributed by atoms with van der Waals surface area (Å²) < 4.78 is 0. The minimum atomic E-state index is -2.40. The van der Waals surface area contributed by atoms with Gasteiger partial charge < -0.3 is 4.98 Å². The van der Waals surface area contributed by atoms with Crippen molar-refractivity contribution in [3.8, 4) is 0 Å². The van der Waals surface area contributed by atoms with Gasteiger partial charge in [-0.05, 0) is 22.5 Å². The van der Waals surface area contributed by atoms with Crippen LogP contribution < -0.4 is 15.4 Å². The molecule has 0 heterocycles. The Bertz CT molecular complexity index is 863. The first-order valence-electron chi connectivity index (χ1n) is 9.06. The average Bonchev–Trinajstić information content (AvgIpc) is 3.16. The Morgan fingerprint density at radius 2 is 1.04 bits per heavy atom. The molecule has 0 saturated carbocycles. The van der Waals surface area contributed by atoms with E-state index in [0.29, 0.717) is 0 Å². The number of para-hydroxylation sites is 1. The van der Waals surface area contributed by atoms with E-state index in [1.54, 1.807) is 0 Å². The van der Waals surface area contributed by atoms with E-state index in [1.807, 2.05) is 0 Å². The average molecular weight is 354 g/mol. The number of nitrogens with one attached hydrogen (secondary N) is 1. The van der Waals surface area contributed by atoms with Gasteiger partial charge in [0.15, 0.2) is 0 Å². The molecule has 0 atom stereocenters. The quantitative estimate of drug-likeness (QED) is 0.653. The lowest BCUT2D eigenvalue weighted by molar-refractivity contribution is 0.939.